The summed E-state index contributed by atoms with van der Waals surface area (Å²) in [6, 6.07) is -0.200. The second-order valence-corrected chi connectivity index (χ2v) is 5.94. The van der Waals surface area contributed by atoms with E-state index < -0.39 is 5.54 Å². The molecule has 1 atom stereocenters. The van der Waals surface area contributed by atoms with Crippen molar-refractivity contribution in [3.8, 4) is 0 Å². The molecule has 2 N–H and O–H groups in total. The number of carbonyl (C=O) groups excluding carboxylic acids is 2. The van der Waals surface area contributed by atoms with E-state index in [4.69, 9.17) is 0 Å². The molecule has 108 valence electrons. The summed E-state index contributed by atoms with van der Waals surface area (Å²) in [4.78, 5) is 25.8. The molecule has 1 spiro atoms. The van der Waals surface area contributed by atoms with Crippen LogP contribution in [0.2, 0.25) is 0 Å². The summed E-state index contributed by atoms with van der Waals surface area (Å²) in [7, 11) is 0. The summed E-state index contributed by atoms with van der Waals surface area (Å²) in [6.45, 7) is 6.54. The smallest absolute Gasteiger partial charge is 0.323 e. The molecular weight excluding hydrogens is 242 g/mol. The molecule has 2 aliphatic rings. The molecule has 1 aliphatic carbocycles. The number of nitrogens with one attached hydrogen (secondary N) is 2. The van der Waals surface area contributed by atoms with Crippen molar-refractivity contribution in [2.24, 2.45) is 5.92 Å². The molecule has 0 aromatic rings. The van der Waals surface area contributed by atoms with Crippen LogP contribution in [0.5, 0.6) is 0 Å². The van der Waals surface area contributed by atoms with Crippen molar-refractivity contribution >= 4 is 11.9 Å². The number of imide groups is 1. The van der Waals surface area contributed by atoms with Crippen molar-refractivity contribution in [3.63, 3.8) is 0 Å². The third kappa shape index (κ3) is 2.91. The zero-order valence-corrected chi connectivity index (χ0v) is 12.0. The predicted molar refractivity (Wildman–Crippen MR) is 73.8 cm³/mol. The molecule has 5 nitrogen and oxygen atoms in total. The normalized spacial score (nSPS) is 23.2. The molecule has 1 aliphatic heterocycles. The molecule has 1 unspecified atom stereocenters. The molecule has 0 aromatic carbocycles. The predicted octanol–water partition coefficient (Wildman–Crippen LogP) is 1.49. The molecule has 19 heavy (non-hydrogen) atoms. The van der Waals surface area contributed by atoms with Crippen LogP contribution in [-0.4, -0.2) is 42.0 Å². The van der Waals surface area contributed by atoms with Gasteiger partial charge in [-0.25, -0.2) is 4.79 Å². The Morgan fingerprint density at radius 1 is 1.37 bits per heavy atom. The van der Waals surface area contributed by atoms with Gasteiger partial charge in [0.05, 0.1) is 0 Å². The topological polar surface area (TPSA) is 61.4 Å². The number of amides is 3. The Balaban J connectivity index is 1.90. The number of rotatable bonds is 6. The quantitative estimate of drug-likeness (QED) is 0.566. The second-order valence-electron chi connectivity index (χ2n) is 5.94. The number of nitrogens with zero attached hydrogens (tertiary/aromatic N) is 1. The second kappa shape index (κ2) is 5.90. The highest BCUT2D eigenvalue weighted by molar-refractivity contribution is 6.07. The molecule has 1 heterocycles. The van der Waals surface area contributed by atoms with Crippen LogP contribution in [0.4, 0.5) is 4.79 Å². The van der Waals surface area contributed by atoms with Gasteiger partial charge >= 0.3 is 6.03 Å². The van der Waals surface area contributed by atoms with Gasteiger partial charge in [-0.15, -0.1) is 0 Å². The maximum absolute atomic E-state index is 12.4. The maximum atomic E-state index is 12.4. The Labute approximate surface area is 115 Å². The molecule has 0 radical (unpaired) electrons. The van der Waals surface area contributed by atoms with Gasteiger partial charge in [0.2, 0.25) is 0 Å². The summed E-state index contributed by atoms with van der Waals surface area (Å²) in [5, 5.41) is 6.25. The van der Waals surface area contributed by atoms with Crippen molar-refractivity contribution in [2.45, 2.75) is 51.5 Å². The van der Waals surface area contributed by atoms with E-state index >= 15 is 0 Å². The average Bonchev–Trinajstić information content (AvgIpc) is 2.92. The number of carbonyl (C=O) groups is 2. The zero-order valence-electron chi connectivity index (χ0n) is 12.0. The van der Waals surface area contributed by atoms with Crippen LogP contribution in [0.25, 0.3) is 0 Å². The van der Waals surface area contributed by atoms with E-state index in [9.17, 15) is 9.59 Å². The van der Waals surface area contributed by atoms with Gasteiger partial charge in [-0.05, 0) is 38.3 Å². The van der Waals surface area contributed by atoms with Crippen LogP contribution in [0.15, 0.2) is 0 Å². The Morgan fingerprint density at radius 2 is 2.05 bits per heavy atom. The molecule has 2 fully saturated rings. The molecular formula is C14H25N3O2. The Hall–Kier alpha value is -1.10. The minimum absolute atomic E-state index is 0.00246. The summed E-state index contributed by atoms with van der Waals surface area (Å²) in [6.07, 6.45) is 4.77. The lowest BCUT2D eigenvalue weighted by atomic mass is 9.98. The monoisotopic (exact) mass is 267 g/mol. The Bertz CT molecular complexity index is 351. The molecule has 1 saturated heterocycles. The third-order valence-electron chi connectivity index (χ3n) is 4.12. The average molecular weight is 267 g/mol. The minimum Gasteiger partial charge on any atom is -0.323 e. The van der Waals surface area contributed by atoms with E-state index in [0.29, 0.717) is 6.54 Å². The van der Waals surface area contributed by atoms with Crippen LogP contribution in [0, 0.1) is 5.92 Å². The zero-order chi connectivity index (χ0) is 13.9. The summed E-state index contributed by atoms with van der Waals surface area (Å²) >= 11 is 0. The number of hydrogen-bond acceptors (Lipinski definition) is 3. The van der Waals surface area contributed by atoms with Crippen LogP contribution >= 0.6 is 0 Å². The van der Waals surface area contributed by atoms with Gasteiger partial charge in [0.15, 0.2) is 0 Å². The molecule has 3 amide bonds. The highest BCUT2D eigenvalue weighted by atomic mass is 16.2. The van der Waals surface area contributed by atoms with Gasteiger partial charge in [0.25, 0.3) is 5.91 Å². The highest BCUT2D eigenvalue weighted by Crippen LogP contribution is 2.35. The van der Waals surface area contributed by atoms with Crippen molar-refractivity contribution < 1.29 is 9.59 Å². The number of urea groups is 1. The molecule has 0 bridgehead atoms. The third-order valence-corrected chi connectivity index (χ3v) is 4.12. The van der Waals surface area contributed by atoms with Crippen molar-refractivity contribution in [3.05, 3.63) is 0 Å². The van der Waals surface area contributed by atoms with Crippen molar-refractivity contribution in [1.29, 1.82) is 0 Å². The van der Waals surface area contributed by atoms with E-state index in [0.717, 1.165) is 45.2 Å². The van der Waals surface area contributed by atoms with Gasteiger partial charge in [-0.1, -0.05) is 26.7 Å². The Kier molecular flexibility index (Phi) is 4.45. The lowest BCUT2D eigenvalue weighted by Crippen LogP contribution is -2.44. The molecule has 1 saturated carbocycles. The molecule has 5 heteroatoms. The summed E-state index contributed by atoms with van der Waals surface area (Å²) < 4.78 is 0. The standard InChI is InChI=1S/C14H25N3O2/c1-3-8-15-9-11(2)10-17-12(18)14(16-13(17)19)6-4-5-7-14/h11,15H,3-10H2,1-2H3,(H,16,19). The van der Waals surface area contributed by atoms with Crippen molar-refractivity contribution in [1.82, 2.24) is 15.5 Å². The lowest BCUT2D eigenvalue weighted by molar-refractivity contribution is -0.131. The van der Waals surface area contributed by atoms with Gasteiger partial charge in [-0.3, -0.25) is 9.69 Å². The first-order chi connectivity index (χ1) is 9.09. The van der Waals surface area contributed by atoms with E-state index in [1.807, 2.05) is 0 Å². The lowest BCUT2D eigenvalue weighted by Gasteiger charge is -2.22. The minimum atomic E-state index is -0.562. The largest absolute Gasteiger partial charge is 0.325 e. The van der Waals surface area contributed by atoms with E-state index in [1.54, 1.807) is 0 Å². The fraction of sp³-hybridized carbons (Fsp3) is 0.857. The van der Waals surface area contributed by atoms with Gasteiger partial charge in [0.1, 0.15) is 5.54 Å². The van der Waals surface area contributed by atoms with Crippen LogP contribution in [0.1, 0.15) is 46.0 Å². The fourth-order valence-electron chi connectivity index (χ4n) is 3.06. The Morgan fingerprint density at radius 3 is 2.68 bits per heavy atom. The SMILES string of the molecule is CCCNCC(C)CN1C(=O)NC2(CCCC2)C1=O. The fourth-order valence-corrected chi connectivity index (χ4v) is 3.06. The van der Waals surface area contributed by atoms with Gasteiger partial charge in [0, 0.05) is 6.54 Å². The van der Waals surface area contributed by atoms with Crippen LogP contribution in [-0.2, 0) is 4.79 Å². The molecule has 0 aromatic heterocycles. The first-order valence-corrected chi connectivity index (χ1v) is 7.44. The molecule has 2 rings (SSSR count). The van der Waals surface area contributed by atoms with Crippen LogP contribution < -0.4 is 10.6 Å². The van der Waals surface area contributed by atoms with Crippen molar-refractivity contribution in [2.75, 3.05) is 19.6 Å². The van der Waals surface area contributed by atoms with E-state index in [2.05, 4.69) is 24.5 Å². The first kappa shape index (κ1) is 14.3. The highest BCUT2D eigenvalue weighted by Gasteiger charge is 2.52. The van der Waals surface area contributed by atoms with Crippen LogP contribution in [0.3, 0.4) is 0 Å². The first-order valence-electron chi connectivity index (χ1n) is 7.44. The number of hydrogen-bond donors (Lipinski definition) is 2. The van der Waals surface area contributed by atoms with Gasteiger partial charge in [-0.2, -0.15) is 0 Å². The van der Waals surface area contributed by atoms with E-state index in [-0.39, 0.29) is 17.9 Å². The maximum Gasteiger partial charge on any atom is 0.325 e. The van der Waals surface area contributed by atoms with Gasteiger partial charge < -0.3 is 10.6 Å². The van der Waals surface area contributed by atoms with E-state index in [1.165, 1.54) is 4.90 Å². The summed E-state index contributed by atoms with van der Waals surface area (Å²) in [5.41, 5.74) is -0.562. The summed E-state index contributed by atoms with van der Waals surface area (Å²) in [5.74, 6) is 0.287.